The Kier molecular flexibility index (Phi) is 3.80. The molecule has 2 heterocycles. The van der Waals surface area contributed by atoms with Crippen LogP contribution in [0.2, 0.25) is 5.02 Å². The molecule has 2 aromatic heterocycles. The van der Waals surface area contributed by atoms with Crippen LogP contribution >= 0.6 is 11.6 Å². The molecule has 0 radical (unpaired) electrons. The number of nitrogens with one attached hydrogen (secondary N) is 1. The molecule has 5 nitrogen and oxygen atoms in total. The number of aromatic nitrogens is 2. The maximum absolute atomic E-state index is 8.84. The molecule has 0 aliphatic heterocycles. The van der Waals surface area contributed by atoms with Crippen LogP contribution in [0.25, 0.3) is 0 Å². The molecule has 0 saturated carbocycles. The van der Waals surface area contributed by atoms with Crippen molar-refractivity contribution in [2.45, 2.75) is 19.9 Å². The third-order valence-corrected chi connectivity index (χ3v) is 2.75. The second-order valence-corrected chi connectivity index (χ2v) is 3.94. The molecule has 0 amide bonds. The maximum atomic E-state index is 8.84. The van der Waals surface area contributed by atoms with Crippen LogP contribution in [0.3, 0.4) is 0 Å². The Bertz CT molecular complexity index is 588. The van der Waals surface area contributed by atoms with Crippen molar-refractivity contribution in [3.05, 3.63) is 40.7 Å². The van der Waals surface area contributed by atoms with Gasteiger partial charge in [0.05, 0.1) is 18.3 Å². The summed E-state index contributed by atoms with van der Waals surface area (Å²) in [4.78, 5) is 8.17. The second kappa shape index (κ2) is 5.52. The van der Waals surface area contributed by atoms with Crippen LogP contribution < -0.4 is 5.32 Å². The van der Waals surface area contributed by atoms with Gasteiger partial charge in [-0.05, 0) is 6.07 Å². The summed E-state index contributed by atoms with van der Waals surface area (Å²) in [5.41, 5.74) is 0.385. The Hall–Kier alpha value is -2.06. The fraction of sp³-hybridized carbons (Fsp3) is 0.250. The summed E-state index contributed by atoms with van der Waals surface area (Å²) in [6.45, 7) is 2.37. The third kappa shape index (κ3) is 2.60. The van der Waals surface area contributed by atoms with Crippen molar-refractivity contribution in [1.82, 2.24) is 9.97 Å². The van der Waals surface area contributed by atoms with Gasteiger partial charge in [0.2, 0.25) is 5.89 Å². The van der Waals surface area contributed by atoms with Gasteiger partial charge in [-0.3, -0.25) is 0 Å². The van der Waals surface area contributed by atoms with E-state index >= 15 is 0 Å². The predicted molar refractivity (Wildman–Crippen MR) is 67.2 cm³/mol. The van der Waals surface area contributed by atoms with Gasteiger partial charge in [0.1, 0.15) is 22.7 Å². The quantitative estimate of drug-likeness (QED) is 0.917. The van der Waals surface area contributed by atoms with Crippen LogP contribution in [-0.4, -0.2) is 9.97 Å². The molecule has 2 rings (SSSR count). The minimum absolute atomic E-state index is 0.308. The van der Waals surface area contributed by atoms with E-state index in [1.54, 1.807) is 12.3 Å². The normalized spacial score (nSPS) is 10.1. The highest BCUT2D eigenvalue weighted by molar-refractivity contribution is 6.34. The van der Waals surface area contributed by atoms with Gasteiger partial charge < -0.3 is 9.73 Å². The van der Waals surface area contributed by atoms with E-state index in [0.29, 0.717) is 28.8 Å². The number of hydrogen-bond acceptors (Lipinski definition) is 5. The molecule has 0 unspecified atom stereocenters. The van der Waals surface area contributed by atoms with Gasteiger partial charge in [-0.2, -0.15) is 5.26 Å². The third-order valence-electron chi connectivity index (χ3n) is 2.37. The Morgan fingerprint density at radius 1 is 1.50 bits per heavy atom. The second-order valence-electron chi connectivity index (χ2n) is 3.56. The fourth-order valence-corrected chi connectivity index (χ4v) is 1.63. The summed E-state index contributed by atoms with van der Waals surface area (Å²) in [5.74, 6) is 1.84. The van der Waals surface area contributed by atoms with Crippen LogP contribution in [0.1, 0.15) is 24.1 Å². The van der Waals surface area contributed by atoms with E-state index in [2.05, 4.69) is 15.3 Å². The van der Waals surface area contributed by atoms with Crippen molar-refractivity contribution < 1.29 is 4.42 Å². The van der Waals surface area contributed by atoms with Crippen LogP contribution in [-0.2, 0) is 13.0 Å². The van der Waals surface area contributed by atoms with Crippen molar-refractivity contribution >= 4 is 17.4 Å². The summed E-state index contributed by atoms with van der Waals surface area (Å²) in [6.07, 6.45) is 4.02. The van der Waals surface area contributed by atoms with Gasteiger partial charge in [-0.25, -0.2) is 9.97 Å². The lowest BCUT2D eigenvalue weighted by Crippen LogP contribution is -2.02. The monoisotopic (exact) mass is 262 g/mol. The van der Waals surface area contributed by atoms with E-state index in [4.69, 9.17) is 21.3 Å². The number of rotatable bonds is 4. The highest BCUT2D eigenvalue weighted by Gasteiger charge is 2.08. The lowest BCUT2D eigenvalue weighted by atomic mass is 10.3. The maximum Gasteiger partial charge on any atom is 0.213 e. The zero-order valence-corrected chi connectivity index (χ0v) is 10.5. The molecule has 0 fully saturated rings. The van der Waals surface area contributed by atoms with Crippen molar-refractivity contribution in [3.63, 3.8) is 0 Å². The SMILES string of the molecule is CCc1cnc(CNc2nccc(C#N)c2Cl)o1. The van der Waals surface area contributed by atoms with Crippen molar-refractivity contribution in [3.8, 4) is 6.07 Å². The molecule has 18 heavy (non-hydrogen) atoms. The zero-order valence-electron chi connectivity index (χ0n) is 9.77. The van der Waals surface area contributed by atoms with E-state index in [0.717, 1.165) is 12.2 Å². The Labute approximate surface area is 109 Å². The van der Waals surface area contributed by atoms with E-state index < -0.39 is 0 Å². The summed E-state index contributed by atoms with van der Waals surface area (Å²) in [6, 6.07) is 3.56. The number of nitrogens with zero attached hydrogens (tertiary/aromatic N) is 3. The van der Waals surface area contributed by atoms with Gasteiger partial charge >= 0.3 is 0 Å². The highest BCUT2D eigenvalue weighted by atomic mass is 35.5. The average molecular weight is 263 g/mol. The first-order valence-corrected chi connectivity index (χ1v) is 5.84. The van der Waals surface area contributed by atoms with E-state index in [9.17, 15) is 0 Å². The number of nitriles is 1. The van der Waals surface area contributed by atoms with E-state index in [-0.39, 0.29) is 0 Å². The first-order valence-electron chi connectivity index (χ1n) is 5.46. The number of halogens is 1. The van der Waals surface area contributed by atoms with Crippen molar-refractivity contribution in [1.29, 1.82) is 5.26 Å². The minimum Gasteiger partial charge on any atom is -0.444 e. The van der Waals surface area contributed by atoms with Crippen LogP contribution in [0.15, 0.2) is 22.9 Å². The van der Waals surface area contributed by atoms with E-state index in [1.165, 1.54) is 6.20 Å². The molecule has 0 bridgehead atoms. The predicted octanol–water partition coefficient (Wildman–Crippen LogP) is 2.77. The molecule has 0 spiro atoms. The van der Waals surface area contributed by atoms with Gasteiger partial charge in [0, 0.05) is 12.6 Å². The molecule has 1 N–H and O–H groups in total. The summed E-state index contributed by atoms with van der Waals surface area (Å²) < 4.78 is 5.44. The Morgan fingerprint density at radius 3 is 3.00 bits per heavy atom. The number of oxazole rings is 1. The molecule has 92 valence electrons. The largest absolute Gasteiger partial charge is 0.444 e. The smallest absolute Gasteiger partial charge is 0.213 e. The van der Waals surface area contributed by atoms with Crippen LogP contribution in [0, 0.1) is 11.3 Å². The molecule has 0 aliphatic carbocycles. The van der Waals surface area contributed by atoms with E-state index in [1.807, 2.05) is 13.0 Å². The first kappa shape index (κ1) is 12.4. The molecule has 0 saturated heterocycles. The molecule has 0 atom stereocenters. The first-order chi connectivity index (χ1) is 8.74. The summed E-state index contributed by atoms with van der Waals surface area (Å²) >= 11 is 6.01. The minimum atomic E-state index is 0.308. The number of anilines is 1. The topological polar surface area (TPSA) is 74.7 Å². The van der Waals surface area contributed by atoms with Gasteiger partial charge in [-0.1, -0.05) is 18.5 Å². The van der Waals surface area contributed by atoms with Gasteiger partial charge in [0.15, 0.2) is 0 Å². The van der Waals surface area contributed by atoms with Gasteiger partial charge in [-0.15, -0.1) is 0 Å². The van der Waals surface area contributed by atoms with Crippen LogP contribution in [0.4, 0.5) is 5.82 Å². The Morgan fingerprint density at radius 2 is 2.33 bits per heavy atom. The summed E-state index contributed by atoms with van der Waals surface area (Å²) in [7, 11) is 0. The summed E-state index contributed by atoms with van der Waals surface area (Å²) in [5, 5.41) is 12.1. The highest BCUT2D eigenvalue weighted by Crippen LogP contribution is 2.23. The lowest BCUT2D eigenvalue weighted by Gasteiger charge is -2.05. The molecule has 0 aliphatic rings. The van der Waals surface area contributed by atoms with Crippen LogP contribution in [0.5, 0.6) is 0 Å². The number of aryl methyl sites for hydroxylation is 1. The molecule has 2 aromatic rings. The van der Waals surface area contributed by atoms with Crippen molar-refractivity contribution in [2.24, 2.45) is 0 Å². The molecule has 6 heteroatoms. The van der Waals surface area contributed by atoms with Crippen molar-refractivity contribution in [2.75, 3.05) is 5.32 Å². The number of pyridine rings is 1. The number of hydrogen-bond donors (Lipinski definition) is 1. The zero-order chi connectivity index (χ0) is 13.0. The lowest BCUT2D eigenvalue weighted by molar-refractivity contribution is 0.465. The Balaban J connectivity index is 2.09. The molecular weight excluding hydrogens is 252 g/mol. The average Bonchev–Trinajstić information content (AvgIpc) is 2.85. The molecule has 0 aromatic carbocycles. The molecular formula is C12H11ClN4O. The van der Waals surface area contributed by atoms with Gasteiger partial charge in [0.25, 0.3) is 0 Å². The standard InChI is InChI=1S/C12H11ClN4O/c1-2-9-6-16-10(18-9)7-17-12-11(13)8(5-14)3-4-15-12/h3-4,6H,2,7H2,1H3,(H,15,17). The fourth-order valence-electron chi connectivity index (χ4n) is 1.41.